The molecule has 0 fully saturated rings. The highest BCUT2D eigenvalue weighted by atomic mass is 16.2. The Bertz CT molecular complexity index is 674. The van der Waals surface area contributed by atoms with Crippen LogP contribution < -0.4 is 10.9 Å². The van der Waals surface area contributed by atoms with Gasteiger partial charge in [0.1, 0.15) is 6.54 Å². The fraction of sp³-hybridized carbons (Fsp3) is 0.312. The van der Waals surface area contributed by atoms with Crippen LogP contribution in [0.3, 0.4) is 0 Å². The minimum absolute atomic E-state index is 0.0642. The van der Waals surface area contributed by atoms with Crippen molar-refractivity contribution in [1.29, 1.82) is 0 Å². The molecule has 0 aliphatic heterocycles. The maximum Gasteiger partial charge on any atom is 0.269 e. The number of amides is 2. The third-order valence-corrected chi connectivity index (χ3v) is 3.34. The molecule has 0 radical (unpaired) electrons. The van der Waals surface area contributed by atoms with Crippen LogP contribution in [0.15, 0.2) is 30.3 Å². The molecule has 2 rings (SSSR count). The zero-order valence-corrected chi connectivity index (χ0v) is 13.0. The van der Waals surface area contributed by atoms with Crippen molar-refractivity contribution in [2.24, 2.45) is 0 Å². The highest BCUT2D eigenvalue weighted by Gasteiger charge is 2.09. The van der Waals surface area contributed by atoms with Crippen LogP contribution in [0, 0.1) is 13.8 Å². The maximum atomic E-state index is 11.9. The number of aromatic nitrogens is 2. The Kier molecular flexibility index (Phi) is 4.93. The Balaban J connectivity index is 1.87. The zero-order chi connectivity index (χ0) is 16.1. The Labute approximate surface area is 129 Å². The lowest BCUT2D eigenvalue weighted by Crippen LogP contribution is -2.43. The van der Waals surface area contributed by atoms with E-state index in [0.29, 0.717) is 5.56 Å². The second-order valence-electron chi connectivity index (χ2n) is 5.14. The molecule has 2 N–H and O–H groups in total. The number of aryl methyl sites for hydroxylation is 3. The van der Waals surface area contributed by atoms with E-state index in [-0.39, 0.29) is 18.4 Å². The summed E-state index contributed by atoms with van der Waals surface area (Å²) < 4.78 is 1.59. The van der Waals surface area contributed by atoms with Crippen LogP contribution in [0.4, 0.5) is 0 Å². The van der Waals surface area contributed by atoms with E-state index in [1.807, 2.05) is 39.0 Å². The monoisotopic (exact) mass is 300 g/mol. The number of rotatable bonds is 4. The topological polar surface area (TPSA) is 76.0 Å². The van der Waals surface area contributed by atoms with Crippen LogP contribution in [-0.2, 0) is 17.8 Å². The average Bonchev–Trinajstić information content (AvgIpc) is 2.82. The van der Waals surface area contributed by atoms with Gasteiger partial charge >= 0.3 is 0 Å². The molecule has 1 aromatic heterocycles. The second kappa shape index (κ2) is 6.89. The van der Waals surface area contributed by atoms with E-state index < -0.39 is 0 Å². The standard InChI is InChI=1S/C16H20N4O2/c1-4-13-5-7-14(8-6-13)16(22)18-17-15(21)10-20-12(3)9-11(2)19-20/h5-9H,4,10H2,1-3H3,(H,17,21)(H,18,22). The molecule has 0 saturated heterocycles. The van der Waals surface area contributed by atoms with Crippen molar-refractivity contribution in [3.8, 4) is 0 Å². The van der Waals surface area contributed by atoms with Gasteiger partial charge in [0.05, 0.1) is 5.69 Å². The quantitative estimate of drug-likeness (QED) is 0.841. The van der Waals surface area contributed by atoms with E-state index in [1.165, 1.54) is 0 Å². The molecule has 0 spiro atoms. The third-order valence-electron chi connectivity index (χ3n) is 3.34. The smallest absolute Gasteiger partial charge is 0.269 e. The Morgan fingerprint density at radius 1 is 1.14 bits per heavy atom. The van der Waals surface area contributed by atoms with Crippen LogP contribution >= 0.6 is 0 Å². The lowest BCUT2D eigenvalue weighted by Gasteiger charge is -2.08. The number of hydrogen-bond donors (Lipinski definition) is 2. The van der Waals surface area contributed by atoms with Gasteiger partial charge in [0.2, 0.25) is 0 Å². The van der Waals surface area contributed by atoms with Gasteiger partial charge < -0.3 is 0 Å². The fourth-order valence-corrected chi connectivity index (χ4v) is 2.10. The molecule has 6 heteroatoms. The molecule has 2 aromatic rings. The molecule has 22 heavy (non-hydrogen) atoms. The van der Waals surface area contributed by atoms with Crippen molar-refractivity contribution in [3.05, 3.63) is 52.8 Å². The molecule has 6 nitrogen and oxygen atoms in total. The summed E-state index contributed by atoms with van der Waals surface area (Å²) in [6, 6.07) is 9.16. The molecule has 0 atom stereocenters. The predicted molar refractivity (Wildman–Crippen MR) is 83.1 cm³/mol. The molecule has 0 bridgehead atoms. The van der Waals surface area contributed by atoms with E-state index in [2.05, 4.69) is 16.0 Å². The summed E-state index contributed by atoms with van der Waals surface area (Å²) in [5.41, 5.74) is 8.21. The van der Waals surface area contributed by atoms with Crippen molar-refractivity contribution in [1.82, 2.24) is 20.6 Å². The molecule has 0 unspecified atom stereocenters. The van der Waals surface area contributed by atoms with Gasteiger partial charge in [-0.05, 0) is 44.0 Å². The van der Waals surface area contributed by atoms with Gasteiger partial charge in [-0.1, -0.05) is 19.1 Å². The highest BCUT2D eigenvalue weighted by Crippen LogP contribution is 2.04. The summed E-state index contributed by atoms with van der Waals surface area (Å²) in [4.78, 5) is 23.7. The van der Waals surface area contributed by atoms with Crippen molar-refractivity contribution < 1.29 is 9.59 Å². The molecule has 116 valence electrons. The van der Waals surface area contributed by atoms with Gasteiger partial charge in [0.15, 0.2) is 0 Å². The van der Waals surface area contributed by atoms with Crippen molar-refractivity contribution in [2.75, 3.05) is 0 Å². The van der Waals surface area contributed by atoms with Gasteiger partial charge in [-0.15, -0.1) is 0 Å². The molecule has 2 amide bonds. The highest BCUT2D eigenvalue weighted by molar-refractivity contribution is 5.95. The van der Waals surface area contributed by atoms with Crippen LogP contribution in [0.25, 0.3) is 0 Å². The van der Waals surface area contributed by atoms with E-state index in [0.717, 1.165) is 23.4 Å². The molecule has 0 aliphatic rings. The zero-order valence-electron chi connectivity index (χ0n) is 13.0. The van der Waals surface area contributed by atoms with Crippen LogP contribution in [-0.4, -0.2) is 21.6 Å². The number of nitrogens with zero attached hydrogens (tertiary/aromatic N) is 2. The van der Waals surface area contributed by atoms with Gasteiger partial charge in [-0.2, -0.15) is 5.10 Å². The number of benzene rings is 1. The summed E-state index contributed by atoms with van der Waals surface area (Å²) in [5.74, 6) is -0.672. The van der Waals surface area contributed by atoms with Gasteiger partial charge in [-0.25, -0.2) is 0 Å². The minimum Gasteiger partial charge on any atom is -0.271 e. The molecular formula is C16H20N4O2. The third kappa shape index (κ3) is 3.94. The summed E-state index contributed by atoms with van der Waals surface area (Å²) >= 11 is 0. The number of carbonyl (C=O) groups is 2. The number of carbonyl (C=O) groups excluding carboxylic acids is 2. The minimum atomic E-state index is -0.343. The lowest BCUT2D eigenvalue weighted by molar-refractivity contribution is -0.122. The first-order valence-electron chi connectivity index (χ1n) is 7.18. The van der Waals surface area contributed by atoms with E-state index in [1.54, 1.807) is 16.8 Å². The summed E-state index contributed by atoms with van der Waals surface area (Å²) in [5, 5.41) is 4.20. The maximum absolute atomic E-state index is 11.9. The molecular weight excluding hydrogens is 280 g/mol. The molecule has 1 aromatic carbocycles. The average molecular weight is 300 g/mol. The Hall–Kier alpha value is -2.63. The van der Waals surface area contributed by atoms with Gasteiger partial charge in [0.25, 0.3) is 11.8 Å². The first kappa shape index (κ1) is 15.8. The summed E-state index contributed by atoms with van der Waals surface area (Å²) in [6.45, 7) is 5.85. The first-order valence-corrected chi connectivity index (χ1v) is 7.18. The van der Waals surface area contributed by atoms with E-state index >= 15 is 0 Å². The van der Waals surface area contributed by atoms with E-state index in [9.17, 15) is 9.59 Å². The van der Waals surface area contributed by atoms with Crippen LogP contribution in [0.2, 0.25) is 0 Å². The summed E-state index contributed by atoms with van der Waals surface area (Å²) in [6.07, 6.45) is 0.918. The second-order valence-corrected chi connectivity index (χ2v) is 5.14. The number of hydrazine groups is 1. The fourth-order valence-electron chi connectivity index (χ4n) is 2.10. The predicted octanol–water partition coefficient (Wildman–Crippen LogP) is 1.52. The lowest BCUT2D eigenvalue weighted by atomic mass is 10.1. The Morgan fingerprint density at radius 3 is 2.36 bits per heavy atom. The van der Waals surface area contributed by atoms with Crippen LogP contribution in [0.5, 0.6) is 0 Å². The Morgan fingerprint density at radius 2 is 1.82 bits per heavy atom. The molecule has 0 saturated carbocycles. The van der Waals surface area contributed by atoms with Crippen molar-refractivity contribution in [3.63, 3.8) is 0 Å². The molecule has 0 aliphatic carbocycles. The van der Waals surface area contributed by atoms with Gasteiger partial charge in [0, 0.05) is 11.3 Å². The first-order chi connectivity index (χ1) is 10.5. The number of nitrogens with one attached hydrogen (secondary N) is 2. The normalized spacial score (nSPS) is 10.3. The number of hydrogen-bond acceptors (Lipinski definition) is 3. The van der Waals surface area contributed by atoms with Gasteiger partial charge in [-0.3, -0.25) is 25.1 Å². The van der Waals surface area contributed by atoms with Crippen molar-refractivity contribution >= 4 is 11.8 Å². The summed E-state index contributed by atoms with van der Waals surface area (Å²) in [7, 11) is 0. The largest absolute Gasteiger partial charge is 0.271 e. The van der Waals surface area contributed by atoms with Crippen molar-refractivity contribution in [2.45, 2.75) is 33.7 Å². The molecule has 1 heterocycles. The van der Waals surface area contributed by atoms with Crippen LogP contribution in [0.1, 0.15) is 34.2 Å². The van der Waals surface area contributed by atoms with E-state index in [4.69, 9.17) is 0 Å². The SMILES string of the molecule is CCc1ccc(C(=O)NNC(=O)Cn2nc(C)cc2C)cc1.